The number of ether oxygens (including phenoxy) is 1. The van der Waals surface area contributed by atoms with E-state index in [1.807, 2.05) is 30.3 Å². The van der Waals surface area contributed by atoms with Crippen molar-refractivity contribution in [3.8, 4) is 16.9 Å². The van der Waals surface area contributed by atoms with Crippen molar-refractivity contribution >= 4 is 46.9 Å². The number of carboxylic acid groups (broad SMARTS) is 3. The third kappa shape index (κ3) is 9.99. The molecular weight excluding hydrogens is 632 g/mol. The van der Waals surface area contributed by atoms with Crippen LogP contribution in [-0.2, 0) is 20.8 Å². The first-order valence-electron chi connectivity index (χ1n) is 13.7. The molecular formula is C34H29ClN2O10. The van der Waals surface area contributed by atoms with Crippen LogP contribution in [0.2, 0.25) is 5.02 Å². The van der Waals surface area contributed by atoms with Gasteiger partial charge in [0.2, 0.25) is 5.91 Å². The molecule has 0 aliphatic rings. The van der Waals surface area contributed by atoms with E-state index in [4.69, 9.17) is 31.7 Å². The minimum atomic E-state index is -1.26. The molecule has 0 aliphatic carbocycles. The number of ketones is 1. The molecule has 13 heteroatoms. The van der Waals surface area contributed by atoms with Gasteiger partial charge >= 0.3 is 17.9 Å². The first-order chi connectivity index (χ1) is 22.3. The van der Waals surface area contributed by atoms with Crippen LogP contribution >= 0.6 is 11.6 Å². The molecule has 0 saturated heterocycles. The van der Waals surface area contributed by atoms with Crippen molar-refractivity contribution in [2.45, 2.75) is 19.4 Å². The number of amides is 1. The van der Waals surface area contributed by atoms with E-state index in [2.05, 4.69) is 5.32 Å². The van der Waals surface area contributed by atoms with Crippen LogP contribution in [0.15, 0.2) is 102 Å². The van der Waals surface area contributed by atoms with Gasteiger partial charge in [0.05, 0.1) is 18.9 Å². The summed E-state index contributed by atoms with van der Waals surface area (Å²) in [5.74, 6) is -4.01. The number of Topliss-reactive ketones (excluding diaryl/α,β-unsaturated/α-hetero) is 1. The van der Waals surface area contributed by atoms with Crippen molar-refractivity contribution in [2.24, 2.45) is 0 Å². The monoisotopic (exact) mass is 660 g/mol. The van der Waals surface area contributed by atoms with E-state index in [9.17, 15) is 28.8 Å². The molecule has 0 bridgehead atoms. The summed E-state index contributed by atoms with van der Waals surface area (Å²) in [5, 5.41) is 27.9. The maximum absolute atomic E-state index is 13.5. The van der Waals surface area contributed by atoms with Gasteiger partial charge in [0.25, 0.3) is 5.56 Å². The molecule has 242 valence electrons. The van der Waals surface area contributed by atoms with Gasteiger partial charge in [0.1, 0.15) is 11.8 Å². The Hall–Kier alpha value is -6.01. The number of carboxylic acids is 3. The Kier molecular flexibility index (Phi) is 12.3. The molecule has 3 aromatic carbocycles. The van der Waals surface area contributed by atoms with Gasteiger partial charge in [-0.2, -0.15) is 0 Å². The predicted molar refractivity (Wildman–Crippen MR) is 173 cm³/mol. The number of carbonyl (C=O) groups excluding carboxylic acids is 2. The lowest BCUT2D eigenvalue weighted by molar-refractivity contribution is -0.134. The van der Waals surface area contributed by atoms with Crippen LogP contribution in [0.1, 0.15) is 39.2 Å². The summed E-state index contributed by atoms with van der Waals surface area (Å²) in [4.78, 5) is 69.6. The zero-order chi connectivity index (χ0) is 34.7. The van der Waals surface area contributed by atoms with E-state index < -0.39 is 35.4 Å². The number of aromatic carboxylic acids is 1. The van der Waals surface area contributed by atoms with Gasteiger partial charge in [-0.25, -0.2) is 14.4 Å². The Labute approximate surface area is 273 Å². The van der Waals surface area contributed by atoms with Gasteiger partial charge in [-0.3, -0.25) is 19.0 Å². The molecule has 1 amide bonds. The van der Waals surface area contributed by atoms with Crippen molar-refractivity contribution in [3.63, 3.8) is 0 Å². The number of aliphatic carboxylic acids is 2. The topological polar surface area (TPSA) is 189 Å². The summed E-state index contributed by atoms with van der Waals surface area (Å²) in [6.07, 6.45) is 2.76. The molecule has 0 saturated carbocycles. The zero-order valence-corrected chi connectivity index (χ0v) is 25.8. The minimum absolute atomic E-state index is 0.0799. The number of pyridine rings is 1. The highest BCUT2D eigenvalue weighted by atomic mass is 35.5. The number of aromatic nitrogens is 1. The maximum atomic E-state index is 13.5. The van der Waals surface area contributed by atoms with Crippen LogP contribution in [-0.4, -0.2) is 56.6 Å². The van der Waals surface area contributed by atoms with Crippen LogP contribution in [0, 0.1) is 0 Å². The molecule has 4 rings (SSSR count). The highest BCUT2D eigenvalue weighted by Crippen LogP contribution is 2.34. The molecule has 0 aliphatic heterocycles. The summed E-state index contributed by atoms with van der Waals surface area (Å²) >= 11 is 6.20. The van der Waals surface area contributed by atoms with Crippen molar-refractivity contribution < 1.29 is 44.0 Å². The average Bonchev–Trinajstić information content (AvgIpc) is 3.03. The van der Waals surface area contributed by atoms with E-state index in [1.54, 1.807) is 18.2 Å². The lowest BCUT2D eigenvalue weighted by atomic mass is 9.97. The molecule has 1 unspecified atom stereocenters. The van der Waals surface area contributed by atoms with Crippen LogP contribution in [0.25, 0.3) is 11.1 Å². The first-order valence-corrected chi connectivity index (χ1v) is 14.1. The van der Waals surface area contributed by atoms with E-state index >= 15 is 0 Å². The fourth-order valence-electron chi connectivity index (χ4n) is 4.41. The Balaban J connectivity index is 0.000000665. The maximum Gasteiger partial charge on any atom is 0.335 e. The number of nitrogens with one attached hydrogen (secondary N) is 1. The number of benzene rings is 3. The summed E-state index contributed by atoms with van der Waals surface area (Å²) in [6.45, 7) is 1.42. The van der Waals surface area contributed by atoms with Gasteiger partial charge in [0, 0.05) is 46.5 Å². The molecule has 47 heavy (non-hydrogen) atoms. The number of rotatable bonds is 11. The Morgan fingerprint density at radius 2 is 1.49 bits per heavy atom. The summed E-state index contributed by atoms with van der Waals surface area (Å²) in [5.41, 5.74) is 1.98. The van der Waals surface area contributed by atoms with Crippen molar-refractivity contribution in [1.82, 2.24) is 4.57 Å². The van der Waals surface area contributed by atoms with E-state index in [0.717, 1.165) is 5.56 Å². The van der Waals surface area contributed by atoms with Gasteiger partial charge in [-0.15, -0.1) is 0 Å². The molecule has 1 aromatic heterocycles. The highest BCUT2D eigenvalue weighted by molar-refractivity contribution is 6.31. The molecule has 0 spiro atoms. The second kappa shape index (κ2) is 16.3. The van der Waals surface area contributed by atoms with E-state index in [0.29, 0.717) is 39.6 Å². The molecule has 1 atom stereocenters. The molecule has 12 nitrogen and oxygen atoms in total. The second-order valence-electron chi connectivity index (χ2n) is 9.83. The van der Waals surface area contributed by atoms with Gasteiger partial charge in [-0.1, -0.05) is 41.9 Å². The van der Waals surface area contributed by atoms with Crippen molar-refractivity contribution in [1.29, 1.82) is 0 Å². The highest BCUT2D eigenvalue weighted by Gasteiger charge is 2.25. The Bertz CT molecular complexity index is 1870. The second-order valence-corrected chi connectivity index (χ2v) is 10.3. The summed E-state index contributed by atoms with van der Waals surface area (Å²) < 4.78 is 6.89. The molecule has 0 fully saturated rings. The average molecular weight is 661 g/mol. The summed E-state index contributed by atoms with van der Waals surface area (Å²) in [6, 6.07) is 20.1. The lowest BCUT2D eigenvalue weighted by Crippen LogP contribution is -2.34. The SMILES string of the molecule is COc1cn(C(Cc2ccccc2)C(=O)Nc2ccc(C(=O)O)cc2)c(=O)cc1-c1cc(Cl)ccc1C(C)=O.O=C(O)/C=C\C(=O)O. The first kappa shape index (κ1) is 35.5. The lowest BCUT2D eigenvalue weighted by Gasteiger charge is -2.22. The van der Waals surface area contributed by atoms with Crippen LogP contribution in [0.3, 0.4) is 0 Å². The van der Waals surface area contributed by atoms with Crippen LogP contribution in [0.5, 0.6) is 5.75 Å². The Morgan fingerprint density at radius 1 is 0.872 bits per heavy atom. The third-order valence-electron chi connectivity index (χ3n) is 6.59. The van der Waals surface area contributed by atoms with Crippen LogP contribution in [0.4, 0.5) is 5.69 Å². The molecule has 4 aromatic rings. The fraction of sp³-hybridized carbons (Fsp3) is 0.118. The van der Waals surface area contributed by atoms with Crippen molar-refractivity contribution in [3.05, 3.63) is 129 Å². The number of hydrogen-bond donors (Lipinski definition) is 4. The Morgan fingerprint density at radius 3 is 2.02 bits per heavy atom. The molecule has 1 heterocycles. The number of methoxy groups -OCH3 is 1. The zero-order valence-electron chi connectivity index (χ0n) is 25.0. The predicted octanol–water partition coefficient (Wildman–Crippen LogP) is 5.21. The third-order valence-corrected chi connectivity index (χ3v) is 6.83. The number of hydrogen-bond acceptors (Lipinski definition) is 7. The molecule has 4 N–H and O–H groups in total. The molecule has 0 radical (unpaired) electrons. The van der Waals surface area contributed by atoms with Gasteiger partial charge in [-0.05, 0) is 60.5 Å². The number of nitrogens with zero attached hydrogens (tertiary/aromatic N) is 1. The van der Waals surface area contributed by atoms with E-state index in [1.165, 1.54) is 55.1 Å². The van der Waals surface area contributed by atoms with Crippen LogP contribution < -0.4 is 15.6 Å². The quantitative estimate of drug-likeness (QED) is 0.123. The smallest absolute Gasteiger partial charge is 0.335 e. The van der Waals surface area contributed by atoms with E-state index in [-0.39, 0.29) is 23.5 Å². The standard InChI is InChI=1S/C30H25ClN2O6.C4H4O4/c1-18(34)23-13-10-21(31)15-24(23)25-16-28(35)33(17-27(25)39-2)26(14-19-6-4-3-5-7-19)29(36)32-22-11-8-20(9-12-22)30(37)38;5-3(6)1-2-4(7)8/h3-13,15-17,26H,14H2,1-2H3,(H,32,36)(H,37,38);1-2H,(H,5,6)(H,7,8)/b;2-1-. The minimum Gasteiger partial charge on any atom is -0.495 e. The number of halogens is 1. The summed E-state index contributed by atoms with van der Waals surface area (Å²) in [7, 11) is 1.43. The van der Waals surface area contributed by atoms with Crippen molar-refractivity contribution in [2.75, 3.05) is 12.4 Å². The number of carbonyl (C=O) groups is 5. The number of anilines is 1. The fourth-order valence-corrected chi connectivity index (χ4v) is 4.58. The van der Waals surface area contributed by atoms with Gasteiger partial charge < -0.3 is 25.4 Å². The largest absolute Gasteiger partial charge is 0.495 e. The normalized spacial score (nSPS) is 11.1. The van der Waals surface area contributed by atoms with Gasteiger partial charge in [0.15, 0.2) is 5.78 Å².